The number of fused-ring (bicyclic) bond motifs is 7. The standard InChI is InChI=1S/C46H43B15O/c47-30-27(35(52)43(60)45-28(30)29-36(53)41(58)42(59)44(61)46(29)62-45)22-25-23(31(48)37(54)39(56)33(25)50)21(24-26(22)34(51)40(57)38(55)32(24)49)20-13-12-19(17-9-3-4-10-18(17)20)16-11-5-7-14-6-1-2-8-15(14)16/h1-13H,47-61H2. The van der Waals surface area contributed by atoms with Crippen LogP contribution in [0, 0.1) is 0 Å². The van der Waals surface area contributed by atoms with Gasteiger partial charge >= 0.3 is 0 Å². The molecule has 16 heteroatoms. The molecule has 1 nitrogen and oxygen atoms in total. The fourth-order valence-electron chi connectivity index (χ4n) is 11.6. The Morgan fingerprint density at radius 1 is 0.242 bits per heavy atom. The maximum Gasteiger partial charge on any atom is 0.143 e. The van der Waals surface area contributed by atoms with Gasteiger partial charge in [-0.15, -0.1) is 27.3 Å². The Morgan fingerprint density at radius 2 is 0.613 bits per heavy atom. The van der Waals surface area contributed by atoms with Gasteiger partial charge in [-0.2, -0.15) is 0 Å². The van der Waals surface area contributed by atoms with E-state index in [9.17, 15) is 0 Å². The predicted molar refractivity (Wildman–Crippen MR) is 323 cm³/mol. The summed E-state index contributed by atoms with van der Waals surface area (Å²) in [5.41, 5.74) is 29.9. The van der Waals surface area contributed by atoms with E-state index in [-0.39, 0.29) is 0 Å². The van der Waals surface area contributed by atoms with Gasteiger partial charge in [-0.25, -0.2) is 0 Å². The van der Waals surface area contributed by atoms with E-state index in [1.165, 1.54) is 169 Å². The third-order valence-electron chi connectivity index (χ3n) is 16.2. The zero-order valence-corrected chi connectivity index (χ0v) is 39.4. The van der Waals surface area contributed by atoms with Crippen molar-refractivity contribution in [2.75, 3.05) is 0 Å². The number of benzene rings is 9. The molecule has 0 aliphatic rings. The zero-order chi connectivity index (χ0) is 44.0. The fraction of sp³-hybridized carbons (Fsp3) is 0. The highest BCUT2D eigenvalue weighted by Crippen LogP contribution is 2.45. The molecule has 0 atom stereocenters. The second kappa shape index (κ2) is 14.4. The van der Waals surface area contributed by atoms with Crippen molar-refractivity contribution in [2.24, 2.45) is 0 Å². The first-order valence-corrected chi connectivity index (χ1v) is 22.5. The molecule has 0 saturated carbocycles. The molecule has 0 unspecified atom stereocenters. The lowest BCUT2D eigenvalue weighted by atomic mass is 9.58. The molecular formula is C46H43B15O. The molecule has 0 N–H and O–H groups in total. The number of furan rings is 1. The second-order valence-electron chi connectivity index (χ2n) is 18.7. The van der Waals surface area contributed by atoms with Crippen molar-refractivity contribution in [1.82, 2.24) is 0 Å². The number of rotatable bonds is 3. The molecular weight excluding hydrogens is 731 g/mol. The highest BCUT2D eigenvalue weighted by Gasteiger charge is 2.29. The van der Waals surface area contributed by atoms with Gasteiger partial charge in [0.2, 0.25) is 0 Å². The van der Waals surface area contributed by atoms with Gasteiger partial charge in [-0.05, 0) is 76.5 Å². The van der Waals surface area contributed by atoms with E-state index in [4.69, 9.17) is 4.42 Å². The van der Waals surface area contributed by atoms with Crippen LogP contribution in [-0.4, -0.2) is 118 Å². The Hall–Kier alpha value is -5.21. The monoisotopic (exact) mass is 776 g/mol. The van der Waals surface area contributed by atoms with E-state index in [0.29, 0.717) is 0 Å². The third-order valence-corrected chi connectivity index (χ3v) is 16.2. The van der Waals surface area contributed by atoms with Crippen LogP contribution in [0.15, 0.2) is 83.3 Å². The molecule has 0 fully saturated rings. The predicted octanol–water partition coefficient (Wildman–Crippen LogP) is -12.9. The third kappa shape index (κ3) is 5.37. The van der Waals surface area contributed by atoms with Gasteiger partial charge in [-0.3, -0.25) is 0 Å². The molecule has 1 heterocycles. The maximum atomic E-state index is 7.00. The molecule has 10 rings (SSSR count). The van der Waals surface area contributed by atoms with Crippen LogP contribution in [0.25, 0.3) is 98.4 Å². The SMILES string of the molecule is Bc1c(B)c(B)c2c(oc3c(B)c(B)c(-c4c5c(B)c(B)c(B)c(B)c5c(-c5ccc(-c6cccc7ccccc67)c6ccccc56)c5c(B)c(B)c(B)c(B)c45)c(B)c32)c1B. The molecule has 0 spiro atoms. The van der Waals surface area contributed by atoms with Gasteiger partial charge in [-0.1, -0.05) is 133 Å². The van der Waals surface area contributed by atoms with E-state index in [2.05, 4.69) is 197 Å². The molecule has 10 aromatic rings. The van der Waals surface area contributed by atoms with Crippen LogP contribution in [0.1, 0.15) is 0 Å². The summed E-state index contributed by atoms with van der Waals surface area (Å²) in [4.78, 5) is 0. The highest BCUT2D eigenvalue weighted by atomic mass is 16.3. The zero-order valence-electron chi connectivity index (χ0n) is 39.4. The Balaban J connectivity index is 1.46. The van der Waals surface area contributed by atoms with Gasteiger partial charge in [0.1, 0.15) is 129 Å². The molecule has 62 heavy (non-hydrogen) atoms. The van der Waals surface area contributed by atoms with Crippen molar-refractivity contribution in [2.45, 2.75) is 0 Å². The highest BCUT2D eigenvalue weighted by molar-refractivity contribution is 6.73. The van der Waals surface area contributed by atoms with Gasteiger partial charge < -0.3 is 4.42 Å². The first-order chi connectivity index (χ1) is 29.6. The molecule has 0 amide bonds. The van der Waals surface area contributed by atoms with Gasteiger partial charge in [0, 0.05) is 10.8 Å². The molecule has 0 saturated heterocycles. The topological polar surface area (TPSA) is 13.1 Å². The maximum absolute atomic E-state index is 7.00. The fourth-order valence-corrected chi connectivity index (χ4v) is 11.6. The van der Waals surface area contributed by atoms with Crippen LogP contribution >= 0.6 is 0 Å². The first-order valence-electron chi connectivity index (χ1n) is 22.5. The van der Waals surface area contributed by atoms with Gasteiger partial charge in [0.25, 0.3) is 0 Å². The smallest absolute Gasteiger partial charge is 0.143 e. The van der Waals surface area contributed by atoms with Crippen molar-refractivity contribution in [1.29, 1.82) is 0 Å². The summed E-state index contributed by atoms with van der Waals surface area (Å²) < 4.78 is 7.00. The van der Waals surface area contributed by atoms with E-state index in [1.54, 1.807) is 0 Å². The summed E-state index contributed by atoms with van der Waals surface area (Å²) in [5, 5.41) is 13.1. The van der Waals surface area contributed by atoms with Gasteiger partial charge in [0.15, 0.2) is 0 Å². The summed E-state index contributed by atoms with van der Waals surface area (Å²) in [5.74, 6) is 0. The van der Waals surface area contributed by atoms with Crippen LogP contribution < -0.4 is 81.9 Å². The van der Waals surface area contributed by atoms with Crippen LogP contribution in [-0.2, 0) is 0 Å². The molecule has 0 radical (unpaired) electrons. The summed E-state index contributed by atoms with van der Waals surface area (Å²) in [6.45, 7) is 0. The lowest BCUT2D eigenvalue weighted by molar-refractivity contribution is 0.675. The average molecular weight is 774 g/mol. The summed E-state index contributed by atoms with van der Waals surface area (Å²) >= 11 is 0. The Bertz CT molecular complexity index is 3620. The Morgan fingerprint density at radius 3 is 1.16 bits per heavy atom. The molecule has 1 aromatic heterocycles. The van der Waals surface area contributed by atoms with Crippen molar-refractivity contribution >= 4 is 265 Å². The number of hydrogen-bond acceptors (Lipinski definition) is 1. The van der Waals surface area contributed by atoms with E-state index in [1.807, 2.05) is 0 Å². The van der Waals surface area contributed by atoms with Crippen molar-refractivity contribution in [3.05, 3.63) is 78.9 Å². The molecule has 0 aliphatic carbocycles. The summed E-state index contributed by atoms with van der Waals surface area (Å²) in [6, 6.07) is 29.5. The van der Waals surface area contributed by atoms with Crippen LogP contribution in [0.3, 0.4) is 0 Å². The van der Waals surface area contributed by atoms with Crippen LogP contribution in [0.4, 0.5) is 0 Å². The number of hydrogen-bond donors (Lipinski definition) is 0. The van der Waals surface area contributed by atoms with Crippen LogP contribution in [0.5, 0.6) is 0 Å². The second-order valence-corrected chi connectivity index (χ2v) is 18.7. The average Bonchev–Trinajstić information content (AvgIpc) is 3.70. The minimum absolute atomic E-state index is 1.03. The minimum Gasteiger partial charge on any atom is -0.457 e. The molecule has 0 aliphatic heterocycles. The Kier molecular flexibility index (Phi) is 9.50. The normalized spacial score (nSPS) is 11.9. The summed E-state index contributed by atoms with van der Waals surface area (Å²) in [6.07, 6.45) is 0. The van der Waals surface area contributed by atoms with Crippen LogP contribution in [0.2, 0.25) is 0 Å². The molecule has 278 valence electrons. The first kappa shape index (κ1) is 40.8. The van der Waals surface area contributed by atoms with Gasteiger partial charge in [0.05, 0.1) is 0 Å². The van der Waals surface area contributed by atoms with Crippen molar-refractivity contribution in [3.8, 4) is 33.4 Å². The quantitative estimate of drug-likeness (QED) is 0.129. The van der Waals surface area contributed by atoms with E-state index in [0.717, 1.165) is 11.2 Å². The lowest BCUT2D eigenvalue weighted by Gasteiger charge is -2.30. The van der Waals surface area contributed by atoms with Crippen molar-refractivity contribution < 1.29 is 4.42 Å². The van der Waals surface area contributed by atoms with E-state index >= 15 is 0 Å². The minimum atomic E-state index is 1.03. The summed E-state index contributed by atoms with van der Waals surface area (Å²) in [7, 11) is 35.0. The Labute approximate surface area is 379 Å². The largest absolute Gasteiger partial charge is 0.457 e. The van der Waals surface area contributed by atoms with Crippen molar-refractivity contribution in [3.63, 3.8) is 0 Å². The lowest BCUT2D eigenvalue weighted by Crippen LogP contribution is -2.50. The molecule has 9 aromatic carbocycles. The molecule has 0 bridgehead atoms. The van der Waals surface area contributed by atoms with E-state index < -0.39 is 0 Å².